The number of halogens is 1. The minimum Gasteiger partial charge on any atom is -0.381 e. The summed E-state index contributed by atoms with van der Waals surface area (Å²) in [7, 11) is 0. The number of rotatable bonds is 6. The van der Waals surface area contributed by atoms with Crippen LogP contribution in [0.4, 0.5) is 0 Å². The molecule has 1 aliphatic heterocycles. The van der Waals surface area contributed by atoms with Crippen molar-refractivity contribution in [3.05, 3.63) is 0 Å². The molecule has 1 heterocycles. The Balaban J connectivity index is 1.93. The summed E-state index contributed by atoms with van der Waals surface area (Å²) in [6.45, 7) is 4.56. The minimum absolute atomic E-state index is 0.118. The molecular weight excluding hydrogens is 230 g/mol. The van der Waals surface area contributed by atoms with Gasteiger partial charge < -0.3 is 14.8 Å². The van der Waals surface area contributed by atoms with Crippen molar-refractivity contribution in [1.29, 1.82) is 0 Å². The van der Waals surface area contributed by atoms with Gasteiger partial charge in [-0.15, -0.1) is 11.6 Å². The molecule has 0 aliphatic carbocycles. The van der Waals surface area contributed by atoms with Crippen molar-refractivity contribution < 1.29 is 14.3 Å². The van der Waals surface area contributed by atoms with Gasteiger partial charge in [0, 0.05) is 26.4 Å². The Kier molecular flexibility index (Phi) is 6.76. The van der Waals surface area contributed by atoms with E-state index in [1.807, 2.05) is 0 Å². The zero-order chi connectivity index (χ0) is 11.8. The molecule has 16 heavy (non-hydrogen) atoms. The van der Waals surface area contributed by atoms with Gasteiger partial charge in [0.2, 0.25) is 5.91 Å². The number of amides is 1. The van der Waals surface area contributed by atoms with Crippen LogP contribution >= 0.6 is 11.6 Å². The van der Waals surface area contributed by atoms with Gasteiger partial charge in [0.25, 0.3) is 0 Å². The molecule has 1 atom stereocenters. The Morgan fingerprint density at radius 3 is 2.88 bits per heavy atom. The van der Waals surface area contributed by atoms with Crippen LogP contribution in [0, 0.1) is 0 Å². The molecule has 1 unspecified atom stereocenters. The van der Waals surface area contributed by atoms with Crippen LogP contribution in [-0.4, -0.2) is 43.8 Å². The average molecular weight is 250 g/mol. The van der Waals surface area contributed by atoms with E-state index >= 15 is 0 Å². The molecule has 1 rings (SSSR count). The summed E-state index contributed by atoms with van der Waals surface area (Å²) in [4.78, 5) is 11.1. The SMILES string of the molecule is CC(Cl)C(=O)NCCCOC1CCOCC1. The van der Waals surface area contributed by atoms with E-state index in [9.17, 15) is 4.79 Å². The first-order valence-corrected chi connectivity index (χ1v) is 6.25. The fraction of sp³-hybridized carbons (Fsp3) is 0.909. The third-order valence-corrected chi connectivity index (χ3v) is 2.70. The number of carbonyl (C=O) groups excluding carboxylic acids is 1. The predicted molar refractivity (Wildman–Crippen MR) is 62.7 cm³/mol. The maximum Gasteiger partial charge on any atom is 0.237 e. The van der Waals surface area contributed by atoms with E-state index in [2.05, 4.69) is 5.32 Å². The molecule has 0 bridgehead atoms. The summed E-state index contributed by atoms with van der Waals surface area (Å²) in [6.07, 6.45) is 3.11. The number of carbonyl (C=O) groups is 1. The first-order valence-electron chi connectivity index (χ1n) is 5.81. The maximum absolute atomic E-state index is 11.1. The minimum atomic E-state index is -0.462. The highest BCUT2D eigenvalue weighted by Gasteiger charge is 2.13. The van der Waals surface area contributed by atoms with Crippen LogP contribution in [0.1, 0.15) is 26.2 Å². The lowest BCUT2D eigenvalue weighted by Crippen LogP contribution is -2.31. The summed E-state index contributed by atoms with van der Waals surface area (Å²) in [5.41, 5.74) is 0. The van der Waals surface area contributed by atoms with E-state index in [1.54, 1.807) is 6.92 Å². The molecule has 94 valence electrons. The van der Waals surface area contributed by atoms with Crippen LogP contribution in [0.3, 0.4) is 0 Å². The van der Waals surface area contributed by atoms with E-state index in [1.165, 1.54) is 0 Å². The van der Waals surface area contributed by atoms with Crippen LogP contribution in [0.15, 0.2) is 0 Å². The average Bonchev–Trinajstić information content (AvgIpc) is 2.29. The van der Waals surface area contributed by atoms with Gasteiger partial charge >= 0.3 is 0 Å². The van der Waals surface area contributed by atoms with Gasteiger partial charge in [0.15, 0.2) is 0 Å². The highest BCUT2D eigenvalue weighted by atomic mass is 35.5. The van der Waals surface area contributed by atoms with Crippen LogP contribution in [0.5, 0.6) is 0 Å². The van der Waals surface area contributed by atoms with E-state index in [4.69, 9.17) is 21.1 Å². The number of ether oxygens (including phenoxy) is 2. The summed E-state index contributed by atoms with van der Waals surface area (Å²) in [5, 5.41) is 2.28. The Bertz CT molecular complexity index is 205. The highest BCUT2D eigenvalue weighted by molar-refractivity contribution is 6.30. The Morgan fingerprint density at radius 1 is 1.56 bits per heavy atom. The second kappa shape index (κ2) is 7.87. The lowest BCUT2D eigenvalue weighted by Gasteiger charge is -2.22. The summed E-state index contributed by atoms with van der Waals surface area (Å²) >= 11 is 5.61. The number of alkyl halides is 1. The Labute approximate surface area is 102 Å². The summed E-state index contributed by atoms with van der Waals surface area (Å²) in [6, 6.07) is 0. The first-order chi connectivity index (χ1) is 7.70. The molecule has 0 aromatic heterocycles. The molecule has 0 aromatic carbocycles. The molecule has 0 radical (unpaired) electrons. The van der Waals surface area contributed by atoms with Crippen molar-refractivity contribution in [2.24, 2.45) is 0 Å². The number of hydrogen-bond donors (Lipinski definition) is 1. The van der Waals surface area contributed by atoms with Crippen LogP contribution in [0.25, 0.3) is 0 Å². The van der Waals surface area contributed by atoms with Gasteiger partial charge in [0.05, 0.1) is 6.10 Å². The molecule has 0 aromatic rings. The molecule has 0 spiro atoms. The third-order valence-electron chi connectivity index (χ3n) is 2.50. The molecule has 1 fully saturated rings. The molecular formula is C11H20ClNO3. The highest BCUT2D eigenvalue weighted by Crippen LogP contribution is 2.10. The normalized spacial score (nSPS) is 19.4. The van der Waals surface area contributed by atoms with Gasteiger partial charge in [0.1, 0.15) is 5.38 Å². The van der Waals surface area contributed by atoms with Gasteiger partial charge in [-0.2, -0.15) is 0 Å². The van der Waals surface area contributed by atoms with Crippen LogP contribution in [0.2, 0.25) is 0 Å². The van der Waals surface area contributed by atoms with E-state index in [-0.39, 0.29) is 5.91 Å². The molecule has 4 nitrogen and oxygen atoms in total. The van der Waals surface area contributed by atoms with Crippen molar-refractivity contribution in [1.82, 2.24) is 5.32 Å². The van der Waals surface area contributed by atoms with Gasteiger partial charge in [-0.25, -0.2) is 0 Å². The fourth-order valence-electron chi connectivity index (χ4n) is 1.52. The van der Waals surface area contributed by atoms with Crippen molar-refractivity contribution in [2.45, 2.75) is 37.7 Å². The Morgan fingerprint density at radius 2 is 2.25 bits per heavy atom. The summed E-state index contributed by atoms with van der Waals surface area (Å²) in [5.74, 6) is -0.118. The predicted octanol–water partition coefficient (Wildman–Crippen LogP) is 1.32. The van der Waals surface area contributed by atoms with Gasteiger partial charge in [-0.1, -0.05) is 0 Å². The third kappa shape index (κ3) is 5.68. The van der Waals surface area contributed by atoms with E-state index in [0.29, 0.717) is 19.3 Å². The monoisotopic (exact) mass is 249 g/mol. The summed E-state index contributed by atoms with van der Waals surface area (Å²) < 4.78 is 10.9. The van der Waals surface area contributed by atoms with Crippen LogP contribution < -0.4 is 5.32 Å². The topological polar surface area (TPSA) is 47.6 Å². The van der Waals surface area contributed by atoms with Gasteiger partial charge in [-0.05, 0) is 26.2 Å². The standard InChI is InChI=1S/C11H20ClNO3/c1-9(12)11(14)13-5-2-6-16-10-3-7-15-8-4-10/h9-10H,2-8H2,1H3,(H,13,14). The zero-order valence-electron chi connectivity index (χ0n) is 9.71. The zero-order valence-corrected chi connectivity index (χ0v) is 10.5. The van der Waals surface area contributed by atoms with Gasteiger partial charge in [-0.3, -0.25) is 4.79 Å². The maximum atomic E-state index is 11.1. The molecule has 1 aliphatic rings. The van der Waals surface area contributed by atoms with E-state index in [0.717, 1.165) is 32.5 Å². The van der Waals surface area contributed by atoms with Crippen molar-refractivity contribution in [2.75, 3.05) is 26.4 Å². The number of hydrogen-bond acceptors (Lipinski definition) is 3. The largest absolute Gasteiger partial charge is 0.381 e. The molecule has 1 saturated heterocycles. The molecule has 5 heteroatoms. The molecule has 1 amide bonds. The molecule has 1 N–H and O–H groups in total. The lowest BCUT2D eigenvalue weighted by atomic mass is 10.1. The number of nitrogens with one attached hydrogen (secondary N) is 1. The van der Waals surface area contributed by atoms with Crippen LogP contribution in [-0.2, 0) is 14.3 Å². The van der Waals surface area contributed by atoms with Crippen molar-refractivity contribution in [3.63, 3.8) is 0 Å². The molecule has 0 saturated carbocycles. The van der Waals surface area contributed by atoms with Crippen molar-refractivity contribution in [3.8, 4) is 0 Å². The lowest BCUT2D eigenvalue weighted by molar-refractivity contribution is -0.120. The fourth-order valence-corrected chi connectivity index (χ4v) is 1.59. The second-order valence-corrected chi connectivity index (χ2v) is 4.60. The quantitative estimate of drug-likeness (QED) is 0.571. The van der Waals surface area contributed by atoms with E-state index < -0.39 is 5.38 Å². The second-order valence-electron chi connectivity index (χ2n) is 3.94. The Hall–Kier alpha value is -0.320. The first kappa shape index (κ1) is 13.7. The van der Waals surface area contributed by atoms with Crippen molar-refractivity contribution >= 4 is 17.5 Å². The smallest absolute Gasteiger partial charge is 0.237 e.